The molecule has 0 radical (unpaired) electrons. The lowest BCUT2D eigenvalue weighted by atomic mass is 10.1. The Labute approximate surface area is 131 Å². The van der Waals surface area contributed by atoms with Gasteiger partial charge in [-0.25, -0.2) is 4.79 Å². The van der Waals surface area contributed by atoms with Crippen LogP contribution in [0.15, 0.2) is 12.1 Å². The molecule has 0 heterocycles. The highest BCUT2D eigenvalue weighted by Crippen LogP contribution is 2.38. The molecule has 1 aromatic rings. The van der Waals surface area contributed by atoms with Crippen molar-refractivity contribution in [3.05, 3.63) is 17.7 Å². The van der Waals surface area contributed by atoms with Crippen molar-refractivity contribution in [3.63, 3.8) is 0 Å². The molecule has 0 saturated carbocycles. The Morgan fingerprint density at radius 2 is 1.57 bits per heavy atom. The van der Waals surface area contributed by atoms with E-state index in [4.69, 9.17) is 24.4 Å². The van der Waals surface area contributed by atoms with Crippen molar-refractivity contribution in [2.24, 2.45) is 0 Å². The molecule has 1 rings (SSSR count). The number of amides is 1. The third kappa shape index (κ3) is 4.50. The van der Waals surface area contributed by atoms with Crippen LogP contribution in [0.3, 0.4) is 0 Å². The molecule has 9 nitrogen and oxygen atoms in total. The molecule has 0 aromatic heterocycles. The summed E-state index contributed by atoms with van der Waals surface area (Å²) in [6.45, 7) is 0. The summed E-state index contributed by atoms with van der Waals surface area (Å²) in [5, 5.41) is 19.8. The molecule has 1 amide bonds. The molecule has 0 aliphatic rings. The minimum absolute atomic E-state index is 0.0381. The molecule has 1 aromatic carbocycles. The molecule has 0 fully saturated rings. The molecule has 126 valence electrons. The van der Waals surface area contributed by atoms with Crippen molar-refractivity contribution in [2.75, 3.05) is 21.3 Å². The predicted molar refractivity (Wildman–Crippen MR) is 77.2 cm³/mol. The Hall–Kier alpha value is -2.97. The number of methoxy groups -OCH3 is 3. The van der Waals surface area contributed by atoms with E-state index in [9.17, 15) is 14.4 Å². The lowest BCUT2D eigenvalue weighted by Gasteiger charge is -2.16. The van der Waals surface area contributed by atoms with Crippen LogP contribution < -0.4 is 19.5 Å². The van der Waals surface area contributed by atoms with E-state index in [2.05, 4.69) is 5.32 Å². The molecule has 0 saturated heterocycles. The van der Waals surface area contributed by atoms with Crippen LogP contribution in [0.4, 0.5) is 0 Å². The quantitative estimate of drug-likeness (QED) is 0.624. The zero-order valence-corrected chi connectivity index (χ0v) is 12.8. The molecule has 9 heteroatoms. The third-order valence-electron chi connectivity index (χ3n) is 2.91. The Balaban J connectivity index is 3.12. The first-order chi connectivity index (χ1) is 10.8. The molecular weight excluding hydrogens is 310 g/mol. The number of benzene rings is 1. The zero-order valence-electron chi connectivity index (χ0n) is 12.8. The first kappa shape index (κ1) is 18.1. The maximum atomic E-state index is 12.2. The van der Waals surface area contributed by atoms with Crippen LogP contribution >= 0.6 is 0 Å². The van der Waals surface area contributed by atoms with E-state index >= 15 is 0 Å². The Bertz CT molecular complexity index is 588. The maximum absolute atomic E-state index is 12.2. The monoisotopic (exact) mass is 327 g/mol. The van der Waals surface area contributed by atoms with Crippen LogP contribution in [0, 0.1) is 0 Å². The first-order valence-electron chi connectivity index (χ1n) is 6.39. The third-order valence-corrected chi connectivity index (χ3v) is 2.91. The van der Waals surface area contributed by atoms with Gasteiger partial charge in [-0.3, -0.25) is 9.59 Å². The van der Waals surface area contributed by atoms with Gasteiger partial charge >= 0.3 is 11.9 Å². The van der Waals surface area contributed by atoms with Gasteiger partial charge in [-0.15, -0.1) is 0 Å². The molecule has 1 atom stereocenters. The summed E-state index contributed by atoms with van der Waals surface area (Å²) >= 11 is 0. The van der Waals surface area contributed by atoms with E-state index < -0.39 is 30.3 Å². The van der Waals surface area contributed by atoms with Crippen LogP contribution in [0.2, 0.25) is 0 Å². The molecule has 3 N–H and O–H groups in total. The Morgan fingerprint density at radius 3 is 1.91 bits per heavy atom. The Kier molecular flexibility index (Phi) is 6.19. The van der Waals surface area contributed by atoms with Gasteiger partial charge in [-0.05, 0) is 12.1 Å². The number of carbonyl (C=O) groups is 3. The van der Waals surface area contributed by atoms with Crippen molar-refractivity contribution < 1.29 is 38.8 Å². The number of hydrogen-bond acceptors (Lipinski definition) is 6. The van der Waals surface area contributed by atoms with Gasteiger partial charge in [0.25, 0.3) is 5.91 Å². The van der Waals surface area contributed by atoms with Gasteiger partial charge in [0.2, 0.25) is 5.75 Å². The standard InChI is InChI=1S/C14H17NO8/c1-21-9-4-7(5-10(22-2)12(9)23-3)13(18)15-8(14(19)20)6-11(16)17/h4-5,8H,6H2,1-3H3,(H,15,18)(H,16,17)(H,19,20)/t8-/m1/s1. The summed E-state index contributed by atoms with van der Waals surface area (Å²) in [5.74, 6) is -2.88. The molecule has 0 unspecified atom stereocenters. The molecule has 0 bridgehead atoms. The summed E-state index contributed by atoms with van der Waals surface area (Å²) in [5.41, 5.74) is 0.0381. The van der Waals surface area contributed by atoms with Crippen LogP contribution in [-0.4, -0.2) is 55.4 Å². The normalized spacial score (nSPS) is 11.3. The molecule has 0 spiro atoms. The fourth-order valence-electron chi connectivity index (χ4n) is 1.83. The van der Waals surface area contributed by atoms with Crippen LogP contribution in [0.1, 0.15) is 16.8 Å². The lowest BCUT2D eigenvalue weighted by molar-refractivity contribution is -0.145. The number of ether oxygens (including phenoxy) is 3. The molecule has 0 aliphatic heterocycles. The van der Waals surface area contributed by atoms with Gasteiger partial charge in [0.05, 0.1) is 27.8 Å². The van der Waals surface area contributed by atoms with E-state index in [-0.39, 0.29) is 22.8 Å². The zero-order chi connectivity index (χ0) is 17.6. The van der Waals surface area contributed by atoms with E-state index in [1.807, 2.05) is 0 Å². The summed E-state index contributed by atoms with van der Waals surface area (Å²) in [4.78, 5) is 33.8. The van der Waals surface area contributed by atoms with Crippen molar-refractivity contribution >= 4 is 17.8 Å². The molecular formula is C14H17NO8. The van der Waals surface area contributed by atoms with Gasteiger partial charge in [0, 0.05) is 5.56 Å². The highest BCUT2D eigenvalue weighted by molar-refractivity contribution is 5.98. The highest BCUT2D eigenvalue weighted by Gasteiger charge is 2.25. The fraction of sp³-hybridized carbons (Fsp3) is 0.357. The predicted octanol–water partition coefficient (Wildman–Crippen LogP) is 0.370. The maximum Gasteiger partial charge on any atom is 0.326 e. The summed E-state index contributed by atoms with van der Waals surface area (Å²) in [6.07, 6.45) is -0.745. The number of hydrogen-bond donors (Lipinski definition) is 3. The van der Waals surface area contributed by atoms with Crippen LogP contribution in [-0.2, 0) is 9.59 Å². The van der Waals surface area contributed by atoms with E-state index in [1.54, 1.807) is 0 Å². The first-order valence-corrected chi connectivity index (χ1v) is 6.39. The number of carboxylic acids is 2. The molecule has 23 heavy (non-hydrogen) atoms. The largest absolute Gasteiger partial charge is 0.493 e. The topological polar surface area (TPSA) is 131 Å². The van der Waals surface area contributed by atoms with Crippen molar-refractivity contribution in [1.29, 1.82) is 0 Å². The minimum atomic E-state index is -1.56. The average molecular weight is 327 g/mol. The average Bonchev–Trinajstić information content (AvgIpc) is 2.51. The fourth-order valence-corrected chi connectivity index (χ4v) is 1.83. The number of aliphatic carboxylic acids is 2. The second-order valence-electron chi connectivity index (χ2n) is 4.38. The SMILES string of the molecule is COc1cc(C(=O)N[C@H](CC(=O)O)C(=O)O)cc(OC)c1OC. The number of carbonyl (C=O) groups excluding carboxylic acids is 1. The number of carboxylic acid groups (broad SMARTS) is 2. The van der Waals surface area contributed by atoms with E-state index in [1.165, 1.54) is 33.5 Å². The van der Waals surface area contributed by atoms with Crippen molar-refractivity contribution in [1.82, 2.24) is 5.32 Å². The van der Waals surface area contributed by atoms with Gasteiger partial charge in [-0.1, -0.05) is 0 Å². The summed E-state index contributed by atoms with van der Waals surface area (Å²) < 4.78 is 15.3. The van der Waals surface area contributed by atoms with Crippen molar-refractivity contribution in [2.45, 2.75) is 12.5 Å². The van der Waals surface area contributed by atoms with Crippen LogP contribution in [0.5, 0.6) is 17.2 Å². The van der Waals surface area contributed by atoms with Crippen molar-refractivity contribution in [3.8, 4) is 17.2 Å². The van der Waals surface area contributed by atoms with Gasteiger partial charge < -0.3 is 29.7 Å². The number of nitrogens with one attached hydrogen (secondary N) is 1. The number of rotatable bonds is 8. The highest BCUT2D eigenvalue weighted by atomic mass is 16.5. The lowest BCUT2D eigenvalue weighted by Crippen LogP contribution is -2.42. The Morgan fingerprint density at radius 1 is 1.04 bits per heavy atom. The summed E-state index contributed by atoms with van der Waals surface area (Å²) in [6, 6.07) is 1.10. The second-order valence-corrected chi connectivity index (χ2v) is 4.38. The summed E-state index contributed by atoms with van der Waals surface area (Å²) in [7, 11) is 4.13. The van der Waals surface area contributed by atoms with Gasteiger partial charge in [-0.2, -0.15) is 0 Å². The second kappa shape index (κ2) is 7.87. The van der Waals surface area contributed by atoms with Gasteiger partial charge in [0.15, 0.2) is 11.5 Å². The van der Waals surface area contributed by atoms with E-state index in [0.717, 1.165) is 0 Å². The molecule has 0 aliphatic carbocycles. The van der Waals surface area contributed by atoms with Gasteiger partial charge in [0.1, 0.15) is 6.04 Å². The smallest absolute Gasteiger partial charge is 0.326 e. The minimum Gasteiger partial charge on any atom is -0.493 e. The van der Waals surface area contributed by atoms with Crippen LogP contribution in [0.25, 0.3) is 0 Å². The van der Waals surface area contributed by atoms with E-state index in [0.29, 0.717) is 0 Å².